The first-order valence-corrected chi connectivity index (χ1v) is 9.43. The van der Waals surface area contributed by atoms with Gasteiger partial charge in [-0.25, -0.2) is 0 Å². The number of nitrogens with zero attached hydrogens (tertiary/aromatic N) is 1. The first-order chi connectivity index (χ1) is 13.2. The van der Waals surface area contributed by atoms with Crippen molar-refractivity contribution in [2.75, 3.05) is 46.2 Å². The van der Waals surface area contributed by atoms with Crippen molar-refractivity contribution in [3.05, 3.63) is 23.8 Å². The lowest BCUT2D eigenvalue weighted by atomic mass is 10.0. The van der Waals surface area contributed by atoms with Gasteiger partial charge in [-0.1, -0.05) is 6.07 Å². The van der Waals surface area contributed by atoms with E-state index in [9.17, 15) is 9.59 Å². The molecule has 0 atom stereocenters. The van der Waals surface area contributed by atoms with Gasteiger partial charge in [0.05, 0.1) is 13.2 Å². The summed E-state index contributed by atoms with van der Waals surface area (Å²) in [6.07, 6.45) is 1.20. The number of ether oxygens (including phenoxy) is 3. The van der Waals surface area contributed by atoms with E-state index in [4.69, 9.17) is 14.2 Å². The van der Waals surface area contributed by atoms with E-state index in [0.29, 0.717) is 37.4 Å². The summed E-state index contributed by atoms with van der Waals surface area (Å²) in [6, 6.07) is 5.56. The molecule has 2 N–H and O–H groups in total. The fraction of sp³-hybridized carbons (Fsp3) is 0.579. The third-order valence-electron chi connectivity index (χ3n) is 5.33. The summed E-state index contributed by atoms with van der Waals surface area (Å²) in [5.74, 6) is 1.02. The van der Waals surface area contributed by atoms with Crippen LogP contribution in [-0.2, 0) is 20.9 Å². The minimum absolute atomic E-state index is 0.168. The average molecular weight is 375 g/mol. The summed E-state index contributed by atoms with van der Waals surface area (Å²) >= 11 is 0. The van der Waals surface area contributed by atoms with E-state index in [1.165, 1.54) is 0 Å². The predicted octanol–water partition coefficient (Wildman–Crippen LogP) is 0.260. The summed E-state index contributed by atoms with van der Waals surface area (Å²) < 4.78 is 15.9. The first kappa shape index (κ1) is 18.1. The number of nitrogens with one attached hydrogen (secondary N) is 2. The van der Waals surface area contributed by atoms with Crippen LogP contribution >= 0.6 is 0 Å². The van der Waals surface area contributed by atoms with Gasteiger partial charge in [0.25, 0.3) is 0 Å². The monoisotopic (exact) mass is 375 g/mol. The van der Waals surface area contributed by atoms with Gasteiger partial charge >= 0.3 is 0 Å². The SMILES string of the molecule is O=C(NCCN1CCOCC1)C1(C(=O)NCc2ccc3c(c2)OCO3)CC1. The number of benzene rings is 1. The minimum Gasteiger partial charge on any atom is -0.454 e. The molecule has 1 aliphatic carbocycles. The molecule has 1 saturated carbocycles. The molecule has 0 unspecified atom stereocenters. The van der Waals surface area contributed by atoms with E-state index in [1.54, 1.807) is 0 Å². The molecular formula is C19H25N3O5. The van der Waals surface area contributed by atoms with Gasteiger partial charge in [0.1, 0.15) is 5.41 Å². The minimum atomic E-state index is -0.901. The molecule has 0 spiro atoms. The Morgan fingerprint density at radius 3 is 2.56 bits per heavy atom. The molecule has 0 bridgehead atoms. The number of hydrogen-bond acceptors (Lipinski definition) is 6. The Balaban J connectivity index is 1.24. The predicted molar refractivity (Wildman–Crippen MR) is 96.3 cm³/mol. The van der Waals surface area contributed by atoms with Crippen molar-refractivity contribution in [3.63, 3.8) is 0 Å². The van der Waals surface area contributed by atoms with Crippen molar-refractivity contribution in [2.45, 2.75) is 19.4 Å². The highest BCUT2D eigenvalue weighted by molar-refractivity contribution is 6.07. The third-order valence-corrected chi connectivity index (χ3v) is 5.33. The molecule has 146 valence electrons. The quantitative estimate of drug-likeness (QED) is 0.665. The van der Waals surface area contributed by atoms with Gasteiger partial charge in [-0.3, -0.25) is 14.5 Å². The topological polar surface area (TPSA) is 89.1 Å². The molecule has 2 aliphatic heterocycles. The lowest BCUT2D eigenvalue weighted by Gasteiger charge is -2.26. The van der Waals surface area contributed by atoms with Crippen molar-refractivity contribution in [3.8, 4) is 11.5 Å². The first-order valence-electron chi connectivity index (χ1n) is 9.43. The highest BCUT2D eigenvalue weighted by atomic mass is 16.7. The standard InChI is InChI=1S/C19H25N3O5/c23-17(20-5-6-22-7-9-25-10-8-22)19(3-4-19)18(24)21-12-14-1-2-15-16(11-14)27-13-26-15/h1-2,11H,3-10,12-13H2,(H,20,23)(H,21,24). The molecular weight excluding hydrogens is 350 g/mol. The summed E-state index contributed by atoms with van der Waals surface area (Å²) in [7, 11) is 0. The zero-order valence-corrected chi connectivity index (χ0v) is 15.3. The molecule has 1 aromatic rings. The maximum Gasteiger partial charge on any atom is 0.235 e. The van der Waals surface area contributed by atoms with Crippen LogP contribution in [0.15, 0.2) is 18.2 Å². The van der Waals surface area contributed by atoms with Gasteiger partial charge in [-0.15, -0.1) is 0 Å². The van der Waals surface area contributed by atoms with Crippen molar-refractivity contribution >= 4 is 11.8 Å². The largest absolute Gasteiger partial charge is 0.454 e. The molecule has 27 heavy (non-hydrogen) atoms. The Labute approximate surface area is 158 Å². The summed E-state index contributed by atoms with van der Waals surface area (Å²) in [4.78, 5) is 27.4. The smallest absolute Gasteiger partial charge is 0.235 e. The van der Waals surface area contributed by atoms with Gasteiger partial charge in [0.2, 0.25) is 18.6 Å². The van der Waals surface area contributed by atoms with Crippen LogP contribution in [0.4, 0.5) is 0 Å². The second-order valence-electron chi connectivity index (χ2n) is 7.16. The van der Waals surface area contributed by atoms with Crippen LogP contribution in [0.25, 0.3) is 0 Å². The highest BCUT2D eigenvalue weighted by Gasteiger charge is 2.56. The fourth-order valence-corrected chi connectivity index (χ4v) is 3.41. The molecule has 2 heterocycles. The number of carbonyl (C=O) groups is 2. The van der Waals surface area contributed by atoms with Crippen molar-refractivity contribution < 1.29 is 23.8 Å². The van der Waals surface area contributed by atoms with E-state index < -0.39 is 5.41 Å². The zero-order valence-electron chi connectivity index (χ0n) is 15.3. The van der Waals surface area contributed by atoms with E-state index >= 15 is 0 Å². The van der Waals surface area contributed by atoms with Crippen molar-refractivity contribution in [1.82, 2.24) is 15.5 Å². The van der Waals surface area contributed by atoms with Crippen LogP contribution in [0, 0.1) is 5.41 Å². The molecule has 4 rings (SSSR count). The molecule has 2 fully saturated rings. The van der Waals surface area contributed by atoms with Gasteiger partial charge in [0.15, 0.2) is 11.5 Å². The third kappa shape index (κ3) is 4.01. The molecule has 1 aromatic carbocycles. The molecule has 8 nitrogen and oxygen atoms in total. The lowest BCUT2D eigenvalue weighted by molar-refractivity contribution is -0.137. The van der Waals surface area contributed by atoms with E-state index in [-0.39, 0.29) is 18.6 Å². The number of morpholine rings is 1. The van der Waals surface area contributed by atoms with Crippen LogP contribution in [0.2, 0.25) is 0 Å². The van der Waals surface area contributed by atoms with E-state index in [2.05, 4.69) is 15.5 Å². The number of hydrogen-bond donors (Lipinski definition) is 2. The lowest BCUT2D eigenvalue weighted by Crippen LogP contribution is -2.46. The maximum atomic E-state index is 12.6. The fourth-order valence-electron chi connectivity index (χ4n) is 3.41. The van der Waals surface area contributed by atoms with Gasteiger partial charge < -0.3 is 24.8 Å². The van der Waals surface area contributed by atoms with Crippen LogP contribution in [0.5, 0.6) is 11.5 Å². The normalized spacial score (nSPS) is 20.1. The molecule has 3 aliphatic rings. The van der Waals surface area contributed by atoms with Gasteiger partial charge in [-0.05, 0) is 30.5 Å². The molecule has 0 radical (unpaired) electrons. The summed E-state index contributed by atoms with van der Waals surface area (Å²) in [5, 5.41) is 5.82. The Bertz CT molecular complexity index is 713. The summed E-state index contributed by atoms with van der Waals surface area (Å²) in [5.41, 5.74) is 0.0116. The Kier molecular flexibility index (Phi) is 5.18. The number of amides is 2. The maximum absolute atomic E-state index is 12.6. The van der Waals surface area contributed by atoms with Crippen molar-refractivity contribution in [1.29, 1.82) is 0 Å². The second-order valence-corrected chi connectivity index (χ2v) is 7.16. The number of carbonyl (C=O) groups excluding carboxylic acids is 2. The highest BCUT2D eigenvalue weighted by Crippen LogP contribution is 2.46. The second kappa shape index (κ2) is 7.74. The van der Waals surface area contributed by atoms with Gasteiger partial charge in [-0.2, -0.15) is 0 Å². The van der Waals surface area contributed by atoms with Crippen LogP contribution in [0.1, 0.15) is 18.4 Å². The average Bonchev–Trinajstić information content (AvgIpc) is 3.38. The molecule has 1 saturated heterocycles. The van der Waals surface area contributed by atoms with E-state index in [1.807, 2.05) is 18.2 Å². The number of fused-ring (bicyclic) bond motifs is 1. The number of rotatable bonds is 7. The Morgan fingerprint density at radius 1 is 1.04 bits per heavy atom. The Hall–Kier alpha value is -2.32. The van der Waals surface area contributed by atoms with Crippen molar-refractivity contribution in [2.24, 2.45) is 5.41 Å². The molecule has 2 amide bonds. The molecule has 0 aromatic heterocycles. The summed E-state index contributed by atoms with van der Waals surface area (Å²) in [6.45, 7) is 5.16. The van der Waals surface area contributed by atoms with Crippen LogP contribution in [0.3, 0.4) is 0 Å². The van der Waals surface area contributed by atoms with E-state index in [0.717, 1.165) is 38.4 Å². The molecule has 8 heteroatoms. The Morgan fingerprint density at radius 2 is 1.78 bits per heavy atom. The van der Waals surface area contributed by atoms with Crippen LogP contribution < -0.4 is 20.1 Å². The zero-order chi connectivity index (χ0) is 18.7. The van der Waals surface area contributed by atoms with Gasteiger partial charge in [0, 0.05) is 32.7 Å². The van der Waals surface area contributed by atoms with Crippen LogP contribution in [-0.4, -0.2) is 62.9 Å².